The Hall–Kier alpha value is -2.62. The van der Waals surface area contributed by atoms with Gasteiger partial charge in [-0.1, -0.05) is 60.7 Å². The molecule has 150 valence electrons. The minimum atomic E-state index is -0.185. The van der Waals surface area contributed by atoms with Gasteiger partial charge in [0.2, 0.25) is 11.8 Å². The number of piperidine rings is 1. The maximum atomic E-state index is 13.4. The Morgan fingerprint density at radius 3 is 2.14 bits per heavy atom. The highest BCUT2D eigenvalue weighted by Gasteiger charge is 2.45. The molecule has 2 saturated heterocycles. The number of hydrogen-bond donors (Lipinski definition) is 0. The Labute approximate surface area is 172 Å². The fourth-order valence-corrected chi connectivity index (χ4v) is 5.29. The van der Waals surface area contributed by atoms with E-state index in [9.17, 15) is 9.59 Å². The molecule has 0 spiro atoms. The van der Waals surface area contributed by atoms with Gasteiger partial charge in [-0.25, -0.2) is 0 Å². The third-order valence-electron chi connectivity index (χ3n) is 6.95. The van der Waals surface area contributed by atoms with Crippen molar-refractivity contribution in [3.05, 3.63) is 71.8 Å². The van der Waals surface area contributed by atoms with Crippen LogP contribution in [0, 0.1) is 5.92 Å². The molecule has 0 bridgehead atoms. The van der Waals surface area contributed by atoms with Crippen molar-refractivity contribution in [1.29, 1.82) is 0 Å². The van der Waals surface area contributed by atoms with Crippen molar-refractivity contribution < 1.29 is 9.59 Å². The average molecular weight is 389 g/mol. The Morgan fingerprint density at radius 1 is 0.931 bits per heavy atom. The number of carbonyl (C=O) groups excluding carboxylic acids is 2. The monoisotopic (exact) mass is 388 g/mol. The molecular formula is C25H28N2O2. The van der Waals surface area contributed by atoms with Gasteiger partial charge in [0, 0.05) is 37.5 Å². The van der Waals surface area contributed by atoms with Gasteiger partial charge in [-0.3, -0.25) is 9.59 Å². The second-order valence-corrected chi connectivity index (χ2v) is 8.86. The highest BCUT2D eigenvalue weighted by molar-refractivity contribution is 5.89. The second-order valence-electron chi connectivity index (χ2n) is 8.86. The van der Waals surface area contributed by atoms with Gasteiger partial charge in [-0.2, -0.15) is 0 Å². The average Bonchev–Trinajstić information content (AvgIpc) is 3.56. The van der Waals surface area contributed by atoms with Crippen LogP contribution in [0.2, 0.25) is 0 Å². The van der Waals surface area contributed by atoms with E-state index in [-0.39, 0.29) is 23.1 Å². The van der Waals surface area contributed by atoms with Crippen molar-refractivity contribution in [2.45, 2.75) is 43.6 Å². The highest BCUT2D eigenvalue weighted by atomic mass is 16.2. The van der Waals surface area contributed by atoms with Gasteiger partial charge >= 0.3 is 0 Å². The first-order valence-corrected chi connectivity index (χ1v) is 10.9. The molecule has 2 aromatic rings. The summed E-state index contributed by atoms with van der Waals surface area (Å²) in [7, 11) is 0. The Bertz CT molecular complexity index is 852. The summed E-state index contributed by atoms with van der Waals surface area (Å²) in [5.74, 6) is 0.156. The number of hydrogen-bond acceptors (Lipinski definition) is 2. The summed E-state index contributed by atoms with van der Waals surface area (Å²) in [6.45, 7) is 2.09. The van der Waals surface area contributed by atoms with E-state index in [1.54, 1.807) is 0 Å². The predicted molar refractivity (Wildman–Crippen MR) is 112 cm³/mol. The molecule has 0 radical (unpaired) electrons. The summed E-state index contributed by atoms with van der Waals surface area (Å²) < 4.78 is 0. The van der Waals surface area contributed by atoms with Gasteiger partial charge in [-0.15, -0.1) is 0 Å². The van der Waals surface area contributed by atoms with E-state index < -0.39 is 0 Å². The zero-order chi connectivity index (χ0) is 19.8. The van der Waals surface area contributed by atoms with Crippen LogP contribution in [0.15, 0.2) is 60.7 Å². The predicted octanol–water partition coefficient (Wildman–Crippen LogP) is 3.61. The van der Waals surface area contributed by atoms with Crippen LogP contribution in [0.3, 0.4) is 0 Å². The third kappa shape index (κ3) is 3.35. The molecule has 1 aliphatic carbocycles. The molecule has 4 nitrogen and oxygen atoms in total. The van der Waals surface area contributed by atoms with Crippen LogP contribution in [0.25, 0.3) is 0 Å². The topological polar surface area (TPSA) is 40.6 Å². The lowest BCUT2D eigenvalue weighted by molar-refractivity contribution is -0.137. The number of likely N-dealkylation sites (tertiary alicyclic amines) is 2. The lowest BCUT2D eigenvalue weighted by atomic mass is 9.69. The summed E-state index contributed by atoms with van der Waals surface area (Å²) in [5, 5.41) is 0. The number of benzene rings is 2. The van der Waals surface area contributed by atoms with Crippen LogP contribution in [0.1, 0.15) is 43.2 Å². The second kappa shape index (κ2) is 7.33. The molecule has 2 heterocycles. The first kappa shape index (κ1) is 18.4. The Kier molecular flexibility index (Phi) is 4.65. The largest absolute Gasteiger partial charge is 0.341 e. The van der Waals surface area contributed by atoms with Crippen LogP contribution in [0.4, 0.5) is 0 Å². The number of nitrogens with zero attached hydrogens (tertiary/aromatic N) is 2. The van der Waals surface area contributed by atoms with Gasteiger partial charge in [0.15, 0.2) is 0 Å². The quantitative estimate of drug-likeness (QED) is 0.803. The van der Waals surface area contributed by atoms with Crippen molar-refractivity contribution in [3.63, 3.8) is 0 Å². The summed E-state index contributed by atoms with van der Waals surface area (Å²) in [6, 6.07) is 21.6. The lowest BCUT2D eigenvalue weighted by Crippen LogP contribution is -2.51. The van der Waals surface area contributed by atoms with Crippen LogP contribution >= 0.6 is 0 Å². The summed E-state index contributed by atoms with van der Waals surface area (Å²) in [5.41, 5.74) is 2.35. The SMILES string of the molecule is O=C(C1CC(=O)N(C2CC2)C1)N1CCCC(c2ccccc2)(c2ccccc2)C1. The Morgan fingerprint density at radius 2 is 1.55 bits per heavy atom. The lowest BCUT2D eigenvalue weighted by Gasteiger charge is -2.44. The van der Waals surface area contributed by atoms with E-state index in [4.69, 9.17) is 0 Å². The van der Waals surface area contributed by atoms with Gasteiger partial charge < -0.3 is 9.80 Å². The van der Waals surface area contributed by atoms with Crippen molar-refractivity contribution in [2.24, 2.45) is 5.92 Å². The molecule has 1 saturated carbocycles. The summed E-state index contributed by atoms with van der Waals surface area (Å²) in [6.07, 6.45) is 4.59. The molecule has 1 atom stereocenters. The summed E-state index contributed by atoms with van der Waals surface area (Å²) in [4.78, 5) is 29.8. The maximum Gasteiger partial charge on any atom is 0.228 e. The molecule has 2 amide bonds. The molecule has 3 fully saturated rings. The molecule has 1 unspecified atom stereocenters. The van der Waals surface area contributed by atoms with Gasteiger partial charge in [0.25, 0.3) is 0 Å². The molecule has 5 rings (SSSR count). The number of amides is 2. The smallest absolute Gasteiger partial charge is 0.228 e. The van der Waals surface area contributed by atoms with Crippen molar-refractivity contribution in [3.8, 4) is 0 Å². The van der Waals surface area contributed by atoms with Crippen molar-refractivity contribution in [2.75, 3.05) is 19.6 Å². The van der Waals surface area contributed by atoms with E-state index in [1.165, 1.54) is 11.1 Å². The van der Waals surface area contributed by atoms with Crippen LogP contribution in [0.5, 0.6) is 0 Å². The standard InChI is InChI=1S/C25H28N2O2/c28-23-16-19(17-27(23)22-12-13-22)24(29)26-15-7-14-25(18-26,20-8-3-1-4-9-20)21-10-5-2-6-11-21/h1-6,8-11,19,22H,7,12-18H2. The van der Waals surface area contributed by atoms with Gasteiger partial charge in [0.1, 0.15) is 0 Å². The molecule has 4 heteroatoms. The van der Waals surface area contributed by atoms with Gasteiger partial charge in [-0.05, 0) is 36.8 Å². The van der Waals surface area contributed by atoms with Crippen LogP contribution in [-0.4, -0.2) is 47.3 Å². The fraction of sp³-hybridized carbons (Fsp3) is 0.440. The van der Waals surface area contributed by atoms with E-state index in [1.807, 2.05) is 21.9 Å². The van der Waals surface area contributed by atoms with Crippen LogP contribution < -0.4 is 0 Å². The van der Waals surface area contributed by atoms with Crippen LogP contribution in [-0.2, 0) is 15.0 Å². The number of carbonyl (C=O) groups is 2. The van der Waals surface area contributed by atoms with E-state index in [2.05, 4.69) is 48.5 Å². The van der Waals surface area contributed by atoms with Gasteiger partial charge in [0.05, 0.1) is 5.92 Å². The molecule has 0 aromatic heterocycles. The molecule has 2 aliphatic heterocycles. The van der Waals surface area contributed by atoms with E-state index >= 15 is 0 Å². The summed E-state index contributed by atoms with van der Waals surface area (Å²) >= 11 is 0. The molecule has 3 aliphatic rings. The fourth-order valence-electron chi connectivity index (χ4n) is 5.29. The first-order chi connectivity index (χ1) is 14.2. The normalized spacial score (nSPS) is 24.0. The Balaban J connectivity index is 1.43. The third-order valence-corrected chi connectivity index (χ3v) is 6.95. The zero-order valence-corrected chi connectivity index (χ0v) is 16.8. The maximum absolute atomic E-state index is 13.4. The van der Waals surface area contributed by atoms with Crippen molar-refractivity contribution >= 4 is 11.8 Å². The molecular weight excluding hydrogens is 360 g/mol. The first-order valence-electron chi connectivity index (χ1n) is 10.9. The zero-order valence-electron chi connectivity index (χ0n) is 16.8. The van der Waals surface area contributed by atoms with E-state index in [0.717, 1.165) is 32.2 Å². The number of rotatable bonds is 4. The molecule has 2 aromatic carbocycles. The minimum absolute atomic E-state index is 0.164. The molecule has 29 heavy (non-hydrogen) atoms. The minimum Gasteiger partial charge on any atom is -0.341 e. The molecule has 0 N–H and O–H groups in total. The van der Waals surface area contributed by atoms with Crippen molar-refractivity contribution in [1.82, 2.24) is 9.80 Å². The van der Waals surface area contributed by atoms with E-state index in [0.29, 0.717) is 25.6 Å². The highest BCUT2D eigenvalue weighted by Crippen LogP contribution is 2.41.